The minimum atomic E-state index is -4.60. The van der Waals surface area contributed by atoms with Crippen LogP contribution < -0.4 is 5.32 Å². The van der Waals surface area contributed by atoms with E-state index in [-0.39, 0.29) is 24.4 Å². The quantitative estimate of drug-likeness (QED) is 0.539. The van der Waals surface area contributed by atoms with Crippen molar-refractivity contribution < 1.29 is 27.5 Å². The largest absolute Gasteiger partial charge is 0.460 e. The average Bonchev–Trinajstić information content (AvgIpc) is 2.70. The van der Waals surface area contributed by atoms with Gasteiger partial charge >= 0.3 is 12.1 Å². The van der Waals surface area contributed by atoms with Crippen molar-refractivity contribution in [1.29, 1.82) is 0 Å². The molecule has 0 radical (unpaired) electrons. The molecule has 1 aromatic rings. The number of halogens is 3. The Morgan fingerprint density at radius 3 is 2.47 bits per heavy atom. The summed E-state index contributed by atoms with van der Waals surface area (Å²) >= 11 is 0. The predicted octanol–water partition coefficient (Wildman–Crippen LogP) is 4.73. The number of piperidine rings is 1. The van der Waals surface area contributed by atoms with E-state index in [4.69, 9.17) is 4.74 Å². The van der Waals surface area contributed by atoms with Gasteiger partial charge in [0.05, 0.1) is 17.2 Å². The van der Waals surface area contributed by atoms with Crippen LogP contribution in [0.3, 0.4) is 0 Å². The number of pyridine rings is 1. The van der Waals surface area contributed by atoms with Crippen molar-refractivity contribution in [2.45, 2.75) is 91.7 Å². The molecule has 6 nitrogen and oxygen atoms in total. The molecular formula is C25H38F3N3O3. The molecule has 5 atom stereocenters. The fourth-order valence-electron chi connectivity index (χ4n) is 4.65. The molecule has 34 heavy (non-hydrogen) atoms. The molecule has 1 fully saturated rings. The molecule has 0 spiro atoms. The number of carbonyl (C=O) groups excluding carboxylic acids is 2. The Morgan fingerprint density at radius 2 is 1.91 bits per heavy atom. The van der Waals surface area contributed by atoms with Gasteiger partial charge in [0.25, 0.3) is 0 Å². The zero-order valence-corrected chi connectivity index (χ0v) is 21.0. The minimum Gasteiger partial charge on any atom is -0.460 e. The summed E-state index contributed by atoms with van der Waals surface area (Å²) in [5.41, 5.74) is 0.160. The van der Waals surface area contributed by atoms with Crippen molar-refractivity contribution in [2.24, 2.45) is 17.3 Å². The van der Waals surface area contributed by atoms with E-state index in [2.05, 4.69) is 10.3 Å². The van der Waals surface area contributed by atoms with Gasteiger partial charge in [-0.15, -0.1) is 0 Å². The van der Waals surface area contributed by atoms with Gasteiger partial charge in [0.1, 0.15) is 12.5 Å². The van der Waals surface area contributed by atoms with Gasteiger partial charge in [0.15, 0.2) is 0 Å². The van der Waals surface area contributed by atoms with Crippen LogP contribution in [0.25, 0.3) is 0 Å². The Kier molecular flexibility index (Phi) is 9.51. The van der Waals surface area contributed by atoms with Crippen molar-refractivity contribution in [2.75, 3.05) is 6.54 Å². The second-order valence-corrected chi connectivity index (χ2v) is 10.6. The second-order valence-electron chi connectivity index (χ2n) is 10.6. The van der Waals surface area contributed by atoms with Gasteiger partial charge in [-0.25, -0.2) is 0 Å². The molecule has 0 saturated carbocycles. The van der Waals surface area contributed by atoms with Crippen molar-refractivity contribution in [3.8, 4) is 0 Å². The van der Waals surface area contributed by atoms with Crippen LogP contribution >= 0.6 is 0 Å². The van der Waals surface area contributed by atoms with E-state index in [0.29, 0.717) is 13.0 Å². The topological polar surface area (TPSA) is 71.5 Å². The van der Waals surface area contributed by atoms with Crippen LogP contribution in [-0.2, 0) is 20.9 Å². The summed E-state index contributed by atoms with van der Waals surface area (Å²) < 4.78 is 44.8. The highest BCUT2D eigenvalue weighted by Gasteiger charge is 2.44. The Balaban J connectivity index is 2.11. The fraction of sp³-hybridized carbons (Fsp3) is 0.720. The monoisotopic (exact) mass is 485 g/mol. The smallest absolute Gasteiger partial charge is 0.397 e. The van der Waals surface area contributed by atoms with Gasteiger partial charge in [0, 0.05) is 25.3 Å². The number of carbonyl (C=O) groups is 2. The van der Waals surface area contributed by atoms with Crippen LogP contribution in [0.1, 0.15) is 66.5 Å². The van der Waals surface area contributed by atoms with Crippen LogP contribution in [0.2, 0.25) is 0 Å². The van der Waals surface area contributed by atoms with Crippen molar-refractivity contribution in [3.05, 3.63) is 30.1 Å². The van der Waals surface area contributed by atoms with Crippen LogP contribution in [0.15, 0.2) is 24.4 Å². The van der Waals surface area contributed by atoms with E-state index < -0.39 is 42.0 Å². The first kappa shape index (κ1) is 28.1. The van der Waals surface area contributed by atoms with E-state index in [9.17, 15) is 22.8 Å². The highest BCUT2D eigenvalue weighted by Crippen LogP contribution is 2.35. The molecular weight excluding hydrogens is 447 g/mol. The number of nitrogens with zero attached hydrogens (tertiary/aromatic N) is 2. The molecule has 1 saturated heterocycles. The first-order valence-electron chi connectivity index (χ1n) is 11.9. The van der Waals surface area contributed by atoms with E-state index in [1.54, 1.807) is 33.9 Å². The standard InChI is InChI=1S/C25H38F3N3O3/c1-16-11-19(12-17(2)30-14-20-9-7-8-10-29-20)15-31(21(32)13-25(26,27)28)22(16)18(3)34-23(33)24(4,5)6/h7-10,16-19,22,30H,11-15H2,1-6H3/t16-,17-,18+,19?,22?/m1/s1. The van der Waals surface area contributed by atoms with Crippen LogP contribution in [0, 0.1) is 17.3 Å². The van der Waals surface area contributed by atoms with Gasteiger partial charge in [-0.05, 0) is 71.4 Å². The van der Waals surface area contributed by atoms with Gasteiger partial charge in [-0.1, -0.05) is 13.0 Å². The number of rotatable bonds is 8. The Bertz CT molecular complexity index is 811. The maximum Gasteiger partial charge on any atom is 0.397 e. The number of hydrogen-bond acceptors (Lipinski definition) is 5. The van der Waals surface area contributed by atoms with Gasteiger partial charge < -0.3 is 15.0 Å². The molecule has 1 N–H and O–H groups in total. The van der Waals surface area contributed by atoms with E-state index in [1.807, 2.05) is 32.0 Å². The van der Waals surface area contributed by atoms with Crippen LogP contribution in [-0.4, -0.2) is 52.7 Å². The first-order valence-corrected chi connectivity index (χ1v) is 11.9. The zero-order chi connectivity index (χ0) is 25.7. The average molecular weight is 486 g/mol. The molecule has 2 unspecified atom stereocenters. The van der Waals surface area contributed by atoms with E-state index >= 15 is 0 Å². The number of aromatic nitrogens is 1. The summed E-state index contributed by atoms with van der Waals surface area (Å²) in [6.45, 7) is 11.5. The van der Waals surface area contributed by atoms with Gasteiger partial charge in [-0.2, -0.15) is 13.2 Å². The SMILES string of the molecule is C[C@H](CC1C[C@@H](C)C([C@H](C)OC(=O)C(C)(C)C)N(C(=O)CC(F)(F)F)C1)NCc1ccccn1. The zero-order valence-electron chi connectivity index (χ0n) is 21.0. The fourth-order valence-corrected chi connectivity index (χ4v) is 4.65. The highest BCUT2D eigenvalue weighted by atomic mass is 19.4. The summed E-state index contributed by atoms with van der Waals surface area (Å²) in [5, 5.41) is 3.40. The summed E-state index contributed by atoms with van der Waals surface area (Å²) in [4.78, 5) is 30.7. The lowest BCUT2D eigenvalue weighted by atomic mass is 9.79. The molecule has 0 aliphatic carbocycles. The molecule has 0 bridgehead atoms. The van der Waals surface area contributed by atoms with Crippen molar-refractivity contribution in [3.63, 3.8) is 0 Å². The van der Waals surface area contributed by atoms with Gasteiger partial charge in [-0.3, -0.25) is 14.6 Å². The minimum absolute atomic E-state index is 0.0279. The highest BCUT2D eigenvalue weighted by molar-refractivity contribution is 5.78. The number of nitrogens with one attached hydrogen (secondary N) is 1. The summed E-state index contributed by atoms with van der Waals surface area (Å²) in [5.74, 6) is -1.51. The molecule has 2 rings (SSSR count). The lowest BCUT2D eigenvalue weighted by molar-refractivity contribution is -0.176. The van der Waals surface area contributed by atoms with Gasteiger partial charge in [0.2, 0.25) is 5.91 Å². The number of hydrogen-bond donors (Lipinski definition) is 1. The molecule has 192 valence electrons. The summed E-state index contributed by atoms with van der Waals surface area (Å²) in [6, 6.07) is 5.17. The third-order valence-corrected chi connectivity index (χ3v) is 6.21. The number of ether oxygens (including phenoxy) is 1. The van der Waals surface area contributed by atoms with Crippen molar-refractivity contribution in [1.82, 2.24) is 15.2 Å². The Morgan fingerprint density at radius 1 is 1.24 bits per heavy atom. The van der Waals surface area contributed by atoms with E-state index in [1.165, 1.54) is 4.90 Å². The van der Waals surface area contributed by atoms with Crippen LogP contribution in [0.4, 0.5) is 13.2 Å². The molecule has 0 aromatic carbocycles. The number of alkyl halides is 3. The summed E-state index contributed by atoms with van der Waals surface area (Å²) in [6.07, 6.45) is -3.66. The molecule has 1 aliphatic rings. The molecule has 2 heterocycles. The van der Waals surface area contributed by atoms with Crippen molar-refractivity contribution >= 4 is 11.9 Å². The third-order valence-electron chi connectivity index (χ3n) is 6.21. The molecule has 9 heteroatoms. The number of likely N-dealkylation sites (tertiary alicyclic amines) is 1. The summed E-state index contributed by atoms with van der Waals surface area (Å²) in [7, 11) is 0. The second kappa shape index (κ2) is 11.5. The predicted molar refractivity (Wildman–Crippen MR) is 124 cm³/mol. The van der Waals surface area contributed by atoms with Crippen LogP contribution in [0.5, 0.6) is 0 Å². The third kappa shape index (κ3) is 8.56. The Labute approximate surface area is 200 Å². The maximum atomic E-state index is 13.1. The first-order chi connectivity index (χ1) is 15.7. The molecule has 1 aromatic heterocycles. The molecule has 1 aliphatic heterocycles. The number of amides is 1. The maximum absolute atomic E-state index is 13.1. The lowest BCUT2D eigenvalue weighted by Crippen LogP contribution is -2.57. The molecule has 1 amide bonds. The number of esters is 1. The normalized spacial score (nSPS) is 23.3. The van der Waals surface area contributed by atoms with E-state index in [0.717, 1.165) is 12.1 Å². The lowest BCUT2D eigenvalue weighted by Gasteiger charge is -2.46. The Hall–Kier alpha value is -2.16.